The Balaban J connectivity index is 0.00000112. The Morgan fingerprint density at radius 3 is 2.13 bits per heavy atom. The van der Waals surface area contributed by atoms with Crippen LogP contribution in [0, 0.1) is 0 Å². The predicted molar refractivity (Wildman–Crippen MR) is 67.7 cm³/mol. The summed E-state index contributed by atoms with van der Waals surface area (Å²) >= 11 is 0. The van der Waals surface area contributed by atoms with Crippen molar-refractivity contribution in [1.29, 1.82) is 0 Å². The lowest BCUT2D eigenvalue weighted by molar-refractivity contribution is 0.359. The van der Waals surface area contributed by atoms with E-state index >= 15 is 0 Å². The second-order valence-corrected chi connectivity index (χ2v) is 4.25. The molecule has 0 amide bonds. The summed E-state index contributed by atoms with van der Waals surface area (Å²) in [5.41, 5.74) is 1.53. The molecule has 2 heteroatoms. The van der Waals surface area contributed by atoms with Crippen LogP contribution >= 0.6 is 12.4 Å². The monoisotopic (exact) mass is 225 g/mol. The Morgan fingerprint density at radius 2 is 1.60 bits per heavy atom. The molecule has 0 aromatic heterocycles. The van der Waals surface area contributed by atoms with E-state index in [4.69, 9.17) is 0 Å². The molecule has 0 bridgehead atoms. The van der Waals surface area contributed by atoms with Crippen molar-refractivity contribution in [2.24, 2.45) is 0 Å². The molecule has 84 valence electrons. The normalized spacial score (nSPS) is 25.7. The minimum absolute atomic E-state index is 0. The summed E-state index contributed by atoms with van der Waals surface area (Å²) in [6, 6.07) is 11.7. The SMILES string of the molecule is CN[C@H]1CC[C@H](c2ccccc2)CC1.Cl. The summed E-state index contributed by atoms with van der Waals surface area (Å²) < 4.78 is 0. The Hall–Kier alpha value is -0.530. The van der Waals surface area contributed by atoms with Gasteiger partial charge in [-0.2, -0.15) is 0 Å². The van der Waals surface area contributed by atoms with E-state index in [2.05, 4.69) is 42.7 Å². The lowest BCUT2D eigenvalue weighted by Crippen LogP contribution is -2.29. The van der Waals surface area contributed by atoms with Crippen LogP contribution in [0.4, 0.5) is 0 Å². The molecule has 1 aromatic carbocycles. The van der Waals surface area contributed by atoms with Crippen LogP contribution < -0.4 is 5.32 Å². The molecule has 1 aromatic rings. The van der Waals surface area contributed by atoms with Crippen molar-refractivity contribution >= 4 is 12.4 Å². The topological polar surface area (TPSA) is 12.0 Å². The van der Waals surface area contributed by atoms with Gasteiger partial charge in [0, 0.05) is 6.04 Å². The fraction of sp³-hybridized carbons (Fsp3) is 0.538. The van der Waals surface area contributed by atoms with E-state index in [0.29, 0.717) is 0 Å². The second kappa shape index (κ2) is 6.14. The smallest absolute Gasteiger partial charge is 0.00644 e. The summed E-state index contributed by atoms with van der Waals surface area (Å²) in [5, 5.41) is 3.38. The van der Waals surface area contributed by atoms with Crippen LogP contribution in [0.15, 0.2) is 30.3 Å². The largest absolute Gasteiger partial charge is 0.317 e. The maximum atomic E-state index is 3.38. The zero-order chi connectivity index (χ0) is 9.80. The molecular formula is C13H20ClN. The molecule has 0 spiro atoms. The van der Waals surface area contributed by atoms with Crippen molar-refractivity contribution < 1.29 is 0 Å². The fourth-order valence-corrected chi connectivity index (χ4v) is 2.44. The van der Waals surface area contributed by atoms with E-state index in [1.165, 1.54) is 31.2 Å². The van der Waals surface area contributed by atoms with Crippen LogP contribution in [-0.2, 0) is 0 Å². The summed E-state index contributed by atoms with van der Waals surface area (Å²) in [4.78, 5) is 0. The van der Waals surface area contributed by atoms with Gasteiger partial charge in [0.1, 0.15) is 0 Å². The van der Waals surface area contributed by atoms with Crippen LogP contribution in [0.1, 0.15) is 37.2 Å². The lowest BCUT2D eigenvalue weighted by atomic mass is 9.82. The number of benzene rings is 1. The molecular weight excluding hydrogens is 206 g/mol. The molecule has 1 saturated carbocycles. The van der Waals surface area contributed by atoms with E-state index in [9.17, 15) is 0 Å². The molecule has 0 aliphatic heterocycles. The van der Waals surface area contributed by atoms with Gasteiger partial charge in [-0.1, -0.05) is 30.3 Å². The summed E-state index contributed by atoms with van der Waals surface area (Å²) in [6.07, 6.45) is 5.34. The van der Waals surface area contributed by atoms with Gasteiger partial charge in [0.2, 0.25) is 0 Å². The summed E-state index contributed by atoms with van der Waals surface area (Å²) in [6.45, 7) is 0. The lowest BCUT2D eigenvalue weighted by Gasteiger charge is -2.28. The first-order chi connectivity index (χ1) is 6.90. The third kappa shape index (κ3) is 3.22. The van der Waals surface area contributed by atoms with E-state index in [1.54, 1.807) is 0 Å². The van der Waals surface area contributed by atoms with Crippen molar-refractivity contribution in [2.75, 3.05) is 7.05 Å². The molecule has 0 unspecified atom stereocenters. The minimum atomic E-state index is 0. The van der Waals surface area contributed by atoms with Crippen molar-refractivity contribution in [3.8, 4) is 0 Å². The molecule has 1 aliphatic carbocycles. The first-order valence-corrected chi connectivity index (χ1v) is 5.62. The van der Waals surface area contributed by atoms with Gasteiger partial charge in [-0.3, -0.25) is 0 Å². The highest BCUT2D eigenvalue weighted by molar-refractivity contribution is 5.85. The average molecular weight is 226 g/mol. The Bertz CT molecular complexity index is 265. The summed E-state index contributed by atoms with van der Waals surface area (Å²) in [7, 11) is 2.08. The molecule has 1 fully saturated rings. The van der Waals surface area contributed by atoms with Crippen LogP contribution in [0.25, 0.3) is 0 Å². The number of hydrogen-bond acceptors (Lipinski definition) is 1. The molecule has 15 heavy (non-hydrogen) atoms. The first-order valence-electron chi connectivity index (χ1n) is 5.62. The first kappa shape index (κ1) is 12.5. The van der Waals surface area contributed by atoms with Crippen molar-refractivity contribution in [3.05, 3.63) is 35.9 Å². The van der Waals surface area contributed by atoms with Gasteiger partial charge in [0.15, 0.2) is 0 Å². The number of hydrogen-bond donors (Lipinski definition) is 1. The van der Waals surface area contributed by atoms with E-state index in [-0.39, 0.29) is 12.4 Å². The van der Waals surface area contributed by atoms with Gasteiger partial charge in [-0.05, 0) is 44.2 Å². The Morgan fingerprint density at radius 1 is 1.00 bits per heavy atom. The Kier molecular flexibility index (Phi) is 5.13. The molecule has 2 rings (SSSR count). The molecule has 0 radical (unpaired) electrons. The molecule has 0 saturated heterocycles. The van der Waals surface area contributed by atoms with Crippen LogP contribution in [0.2, 0.25) is 0 Å². The van der Waals surface area contributed by atoms with Gasteiger partial charge in [-0.15, -0.1) is 12.4 Å². The molecule has 0 atom stereocenters. The highest BCUT2D eigenvalue weighted by Gasteiger charge is 2.20. The van der Waals surface area contributed by atoms with Gasteiger partial charge in [-0.25, -0.2) is 0 Å². The van der Waals surface area contributed by atoms with Crippen LogP contribution in [0.5, 0.6) is 0 Å². The van der Waals surface area contributed by atoms with Crippen LogP contribution in [-0.4, -0.2) is 13.1 Å². The molecule has 0 heterocycles. The van der Waals surface area contributed by atoms with Crippen LogP contribution in [0.3, 0.4) is 0 Å². The summed E-state index contributed by atoms with van der Waals surface area (Å²) in [5.74, 6) is 0.806. The number of rotatable bonds is 2. The second-order valence-electron chi connectivity index (χ2n) is 4.25. The van der Waals surface area contributed by atoms with E-state index < -0.39 is 0 Å². The molecule has 1 aliphatic rings. The Labute approximate surface area is 98.7 Å². The average Bonchev–Trinajstić information content (AvgIpc) is 2.30. The maximum Gasteiger partial charge on any atom is 0.00644 e. The third-order valence-electron chi connectivity index (χ3n) is 3.41. The van der Waals surface area contributed by atoms with Crippen molar-refractivity contribution in [3.63, 3.8) is 0 Å². The van der Waals surface area contributed by atoms with Gasteiger partial charge >= 0.3 is 0 Å². The molecule has 1 nitrogen and oxygen atoms in total. The predicted octanol–water partition coefficient (Wildman–Crippen LogP) is 3.35. The van der Waals surface area contributed by atoms with Gasteiger partial charge in [0.25, 0.3) is 0 Å². The molecule has 1 N–H and O–H groups in total. The van der Waals surface area contributed by atoms with E-state index in [1.807, 2.05) is 0 Å². The third-order valence-corrected chi connectivity index (χ3v) is 3.41. The van der Waals surface area contributed by atoms with Gasteiger partial charge in [0.05, 0.1) is 0 Å². The van der Waals surface area contributed by atoms with Crippen molar-refractivity contribution in [2.45, 2.75) is 37.6 Å². The minimum Gasteiger partial charge on any atom is -0.317 e. The van der Waals surface area contributed by atoms with E-state index in [0.717, 1.165) is 12.0 Å². The maximum absolute atomic E-state index is 3.38. The number of halogens is 1. The fourth-order valence-electron chi connectivity index (χ4n) is 2.44. The van der Waals surface area contributed by atoms with Gasteiger partial charge < -0.3 is 5.32 Å². The van der Waals surface area contributed by atoms with Crippen molar-refractivity contribution in [1.82, 2.24) is 5.32 Å². The standard InChI is InChI=1S/C13H19N.ClH/c1-14-13-9-7-12(8-10-13)11-5-3-2-4-6-11;/h2-6,12-14H,7-10H2,1H3;1H/t12-,13-;. The highest BCUT2D eigenvalue weighted by atomic mass is 35.5. The quantitative estimate of drug-likeness (QED) is 0.814. The number of nitrogens with one attached hydrogen (secondary N) is 1. The zero-order valence-electron chi connectivity index (χ0n) is 9.28. The zero-order valence-corrected chi connectivity index (χ0v) is 10.1. The highest BCUT2D eigenvalue weighted by Crippen LogP contribution is 2.32.